The smallest absolute Gasteiger partial charge is 0.337 e. The number of hydrogen-bond donors (Lipinski definition) is 2. The second-order valence-corrected chi connectivity index (χ2v) is 6.50. The fraction of sp³-hybridized carbons (Fsp3) is 0.375. The van der Waals surface area contributed by atoms with Crippen molar-refractivity contribution in [3.05, 3.63) is 29.3 Å². The molecule has 0 aromatic heterocycles. The number of benzene rings is 1. The molecule has 1 aromatic rings. The van der Waals surface area contributed by atoms with Crippen LogP contribution in [0.25, 0.3) is 0 Å². The number of anilines is 1. The van der Waals surface area contributed by atoms with Crippen molar-refractivity contribution in [1.29, 1.82) is 0 Å². The molecule has 0 unspecified atom stereocenters. The Labute approximate surface area is 148 Å². The van der Waals surface area contributed by atoms with Crippen LogP contribution in [0.4, 0.5) is 5.69 Å². The first kappa shape index (κ1) is 18.8. The molecule has 0 aliphatic carbocycles. The molecule has 1 fully saturated rings. The zero-order valence-corrected chi connectivity index (χ0v) is 14.6. The highest BCUT2D eigenvalue weighted by molar-refractivity contribution is 8.00. The fourth-order valence-electron chi connectivity index (χ4n) is 2.27. The van der Waals surface area contributed by atoms with E-state index in [2.05, 4.69) is 20.1 Å². The molecule has 1 aliphatic heterocycles. The molecule has 2 rings (SSSR count). The van der Waals surface area contributed by atoms with Gasteiger partial charge in [-0.25, -0.2) is 9.59 Å². The van der Waals surface area contributed by atoms with E-state index in [9.17, 15) is 19.2 Å². The van der Waals surface area contributed by atoms with E-state index >= 15 is 0 Å². The van der Waals surface area contributed by atoms with Crippen molar-refractivity contribution in [2.45, 2.75) is 11.7 Å². The Hall–Kier alpha value is -2.55. The van der Waals surface area contributed by atoms with E-state index < -0.39 is 23.1 Å². The van der Waals surface area contributed by atoms with Crippen LogP contribution in [0, 0.1) is 0 Å². The first-order valence-corrected chi connectivity index (χ1v) is 8.50. The molecule has 0 saturated carbocycles. The summed E-state index contributed by atoms with van der Waals surface area (Å²) in [5, 5.41) is 4.84. The van der Waals surface area contributed by atoms with E-state index in [4.69, 9.17) is 0 Å². The van der Waals surface area contributed by atoms with Crippen molar-refractivity contribution in [3.8, 4) is 0 Å². The van der Waals surface area contributed by atoms with Gasteiger partial charge in [-0.3, -0.25) is 9.59 Å². The fourth-order valence-corrected chi connectivity index (χ4v) is 3.28. The Bertz CT molecular complexity index is 672. The molecule has 2 N–H and O–H groups in total. The lowest BCUT2D eigenvalue weighted by Crippen LogP contribution is -2.40. The van der Waals surface area contributed by atoms with Crippen LogP contribution >= 0.6 is 11.8 Å². The maximum absolute atomic E-state index is 12.2. The summed E-state index contributed by atoms with van der Waals surface area (Å²) in [6.45, 7) is 0.589. The van der Waals surface area contributed by atoms with Crippen LogP contribution in [-0.2, 0) is 19.1 Å². The summed E-state index contributed by atoms with van der Waals surface area (Å²) in [6, 6.07) is 4.10. The van der Waals surface area contributed by atoms with Crippen LogP contribution in [0.2, 0.25) is 0 Å². The van der Waals surface area contributed by atoms with E-state index in [1.54, 1.807) is 0 Å². The lowest BCUT2D eigenvalue weighted by atomic mass is 10.1. The molecule has 134 valence electrons. The number of methoxy groups -OCH3 is 2. The molecule has 1 saturated heterocycles. The summed E-state index contributed by atoms with van der Waals surface area (Å²) in [4.78, 5) is 47.4. The van der Waals surface area contributed by atoms with Gasteiger partial charge in [0.1, 0.15) is 0 Å². The van der Waals surface area contributed by atoms with E-state index in [0.29, 0.717) is 6.54 Å². The predicted octanol–water partition coefficient (Wildman–Crippen LogP) is 0.820. The standard InChI is InChI=1S/C16H18N2O6S/c1-23-15(21)9-5-10(16(22)24-2)7-11(6-9)18-13(19)8-12-14(20)17-3-4-25-12/h5-7,12H,3-4,8H2,1-2H3,(H,17,20)(H,18,19)/t12-/m0/s1. The Morgan fingerprint density at radius 2 is 1.76 bits per heavy atom. The van der Waals surface area contributed by atoms with Gasteiger partial charge in [-0.1, -0.05) is 0 Å². The van der Waals surface area contributed by atoms with Gasteiger partial charge in [0, 0.05) is 24.4 Å². The maximum Gasteiger partial charge on any atom is 0.337 e. The Kier molecular flexibility index (Phi) is 6.40. The molecule has 1 heterocycles. The second kappa shape index (κ2) is 8.52. The largest absolute Gasteiger partial charge is 0.465 e. The number of esters is 2. The van der Waals surface area contributed by atoms with Crippen LogP contribution in [0.3, 0.4) is 0 Å². The summed E-state index contributed by atoms with van der Waals surface area (Å²) in [7, 11) is 2.43. The Morgan fingerprint density at radius 3 is 2.28 bits per heavy atom. The normalized spacial score (nSPS) is 16.6. The average molecular weight is 366 g/mol. The summed E-state index contributed by atoms with van der Waals surface area (Å²) >= 11 is 1.41. The van der Waals surface area contributed by atoms with Crippen LogP contribution in [0.15, 0.2) is 18.2 Å². The second-order valence-electron chi connectivity index (χ2n) is 5.18. The zero-order chi connectivity index (χ0) is 18.4. The van der Waals surface area contributed by atoms with Crippen molar-refractivity contribution in [2.24, 2.45) is 0 Å². The number of rotatable bonds is 5. The van der Waals surface area contributed by atoms with Gasteiger partial charge in [0.25, 0.3) is 0 Å². The number of amides is 2. The van der Waals surface area contributed by atoms with Gasteiger partial charge >= 0.3 is 11.9 Å². The molecule has 0 spiro atoms. The van der Waals surface area contributed by atoms with E-state index in [0.717, 1.165) is 5.75 Å². The molecular weight excluding hydrogens is 348 g/mol. The Balaban J connectivity index is 2.16. The van der Waals surface area contributed by atoms with E-state index in [1.165, 1.54) is 44.2 Å². The topological polar surface area (TPSA) is 111 Å². The van der Waals surface area contributed by atoms with Gasteiger partial charge in [0.05, 0.1) is 30.6 Å². The molecular formula is C16H18N2O6S. The third-order valence-electron chi connectivity index (χ3n) is 3.44. The molecule has 1 atom stereocenters. The SMILES string of the molecule is COC(=O)c1cc(NC(=O)C[C@@H]2SCCNC2=O)cc(C(=O)OC)c1. The third-order valence-corrected chi connectivity index (χ3v) is 4.67. The number of ether oxygens (including phenoxy) is 2. The van der Waals surface area contributed by atoms with Crippen molar-refractivity contribution >= 4 is 41.2 Å². The van der Waals surface area contributed by atoms with E-state index in [-0.39, 0.29) is 29.1 Å². The highest BCUT2D eigenvalue weighted by Crippen LogP contribution is 2.21. The molecule has 1 aromatic carbocycles. The highest BCUT2D eigenvalue weighted by atomic mass is 32.2. The summed E-state index contributed by atoms with van der Waals surface area (Å²) < 4.78 is 9.28. The number of carbonyl (C=O) groups is 4. The number of carbonyl (C=O) groups excluding carboxylic acids is 4. The molecule has 9 heteroatoms. The predicted molar refractivity (Wildman–Crippen MR) is 91.6 cm³/mol. The van der Waals surface area contributed by atoms with Crippen molar-refractivity contribution in [2.75, 3.05) is 31.8 Å². The molecule has 8 nitrogen and oxygen atoms in total. The zero-order valence-electron chi connectivity index (χ0n) is 13.8. The highest BCUT2D eigenvalue weighted by Gasteiger charge is 2.25. The van der Waals surface area contributed by atoms with Crippen molar-refractivity contribution in [1.82, 2.24) is 5.32 Å². The quantitative estimate of drug-likeness (QED) is 0.742. The molecule has 1 aliphatic rings. The van der Waals surface area contributed by atoms with Gasteiger partial charge in [-0.05, 0) is 18.2 Å². The first-order chi connectivity index (χ1) is 11.9. The van der Waals surface area contributed by atoms with Crippen LogP contribution < -0.4 is 10.6 Å². The minimum Gasteiger partial charge on any atom is -0.465 e. The minimum atomic E-state index is -0.650. The van der Waals surface area contributed by atoms with Gasteiger partial charge in [0.2, 0.25) is 11.8 Å². The van der Waals surface area contributed by atoms with Crippen molar-refractivity contribution < 1.29 is 28.7 Å². The minimum absolute atomic E-state index is 0.00743. The summed E-state index contributed by atoms with van der Waals surface area (Å²) in [5.74, 6) is -1.13. The number of nitrogens with one attached hydrogen (secondary N) is 2. The van der Waals surface area contributed by atoms with Crippen LogP contribution in [-0.4, -0.2) is 55.5 Å². The molecule has 25 heavy (non-hydrogen) atoms. The third kappa shape index (κ3) is 4.96. The Morgan fingerprint density at radius 1 is 1.16 bits per heavy atom. The number of thioether (sulfide) groups is 1. The molecule has 2 amide bonds. The average Bonchev–Trinajstić information content (AvgIpc) is 2.61. The van der Waals surface area contributed by atoms with Gasteiger partial charge in [0.15, 0.2) is 0 Å². The molecule has 0 radical (unpaired) electrons. The lowest BCUT2D eigenvalue weighted by molar-refractivity contribution is -0.123. The van der Waals surface area contributed by atoms with Crippen LogP contribution in [0.1, 0.15) is 27.1 Å². The van der Waals surface area contributed by atoms with Gasteiger partial charge < -0.3 is 20.1 Å². The van der Waals surface area contributed by atoms with Crippen LogP contribution in [0.5, 0.6) is 0 Å². The first-order valence-electron chi connectivity index (χ1n) is 7.45. The molecule has 0 bridgehead atoms. The van der Waals surface area contributed by atoms with Gasteiger partial charge in [-0.15, -0.1) is 11.8 Å². The van der Waals surface area contributed by atoms with E-state index in [1.807, 2.05) is 0 Å². The number of hydrogen-bond acceptors (Lipinski definition) is 7. The summed E-state index contributed by atoms with van der Waals surface area (Å²) in [5.41, 5.74) is 0.450. The summed E-state index contributed by atoms with van der Waals surface area (Å²) in [6.07, 6.45) is -0.00743. The maximum atomic E-state index is 12.2. The monoisotopic (exact) mass is 366 g/mol. The van der Waals surface area contributed by atoms with Crippen molar-refractivity contribution in [3.63, 3.8) is 0 Å². The van der Waals surface area contributed by atoms with Gasteiger partial charge in [-0.2, -0.15) is 0 Å². The lowest BCUT2D eigenvalue weighted by Gasteiger charge is -2.21.